The van der Waals surface area contributed by atoms with Crippen LogP contribution in [0.4, 0.5) is 0 Å². The predicted octanol–water partition coefficient (Wildman–Crippen LogP) is 0.778. The van der Waals surface area contributed by atoms with Gasteiger partial charge in [-0.1, -0.05) is 11.6 Å². The van der Waals surface area contributed by atoms with Gasteiger partial charge in [-0.25, -0.2) is 5.06 Å². The molecule has 1 unspecified atom stereocenters. The third-order valence-corrected chi connectivity index (χ3v) is 3.25. The number of nitrogens with zero attached hydrogens (tertiary/aromatic N) is 1. The molecule has 1 saturated heterocycles. The number of ether oxygens (including phenoxy) is 1. The molecule has 0 saturated carbocycles. The van der Waals surface area contributed by atoms with Crippen LogP contribution in [0.15, 0.2) is 18.2 Å². The first kappa shape index (κ1) is 11.8. The first-order valence-corrected chi connectivity index (χ1v) is 6.09. The second-order valence-corrected chi connectivity index (χ2v) is 4.85. The lowest BCUT2D eigenvalue weighted by atomic mass is 10.1. The Morgan fingerprint density at radius 3 is 3.06 bits per heavy atom. The van der Waals surface area contributed by atoms with Crippen molar-refractivity contribution < 1.29 is 19.5 Å². The van der Waals surface area contributed by atoms with E-state index in [1.165, 1.54) is 5.06 Å². The molecule has 0 spiro atoms. The molecule has 3 rings (SSSR count). The lowest BCUT2D eigenvalue weighted by molar-refractivity contribution is -0.175. The molecule has 2 atom stereocenters. The zero-order valence-corrected chi connectivity index (χ0v) is 10.3. The van der Waals surface area contributed by atoms with Crippen LogP contribution in [-0.2, 0) is 16.1 Å². The molecule has 1 amide bonds. The molecule has 0 aliphatic carbocycles. The van der Waals surface area contributed by atoms with Crippen LogP contribution in [0.3, 0.4) is 0 Å². The fourth-order valence-electron chi connectivity index (χ4n) is 2.14. The summed E-state index contributed by atoms with van der Waals surface area (Å²) in [6.45, 7) is 0.340. The molecule has 0 bridgehead atoms. The molecule has 1 aromatic rings. The summed E-state index contributed by atoms with van der Waals surface area (Å²) < 4.78 is 5.56. The number of carbonyl (C=O) groups excluding carboxylic acids is 1. The SMILES string of the molecule is O=C(C1Cc2cc(Cl)ccc2O1)N1C[C@H](O)CO1. The molecular weight excluding hydrogens is 258 g/mol. The maximum absolute atomic E-state index is 12.1. The number of hydroxylamine groups is 2. The summed E-state index contributed by atoms with van der Waals surface area (Å²) >= 11 is 5.89. The quantitative estimate of drug-likeness (QED) is 0.818. The molecule has 96 valence electrons. The van der Waals surface area contributed by atoms with E-state index in [1.807, 2.05) is 0 Å². The van der Waals surface area contributed by atoms with Gasteiger partial charge in [0.15, 0.2) is 6.10 Å². The first-order chi connectivity index (χ1) is 8.63. The number of β-amino-alcohol motifs (C(OH)–C–C–N with tert-alkyl or cyclic N) is 1. The van der Waals surface area contributed by atoms with Crippen LogP contribution < -0.4 is 4.74 Å². The largest absolute Gasteiger partial charge is 0.480 e. The third kappa shape index (κ3) is 2.05. The molecule has 1 aromatic carbocycles. The highest BCUT2D eigenvalue weighted by Gasteiger charge is 2.36. The summed E-state index contributed by atoms with van der Waals surface area (Å²) in [6.07, 6.45) is -0.735. The van der Waals surface area contributed by atoms with Gasteiger partial charge >= 0.3 is 0 Å². The number of halogens is 1. The zero-order chi connectivity index (χ0) is 12.7. The maximum atomic E-state index is 12.1. The molecule has 2 aliphatic heterocycles. The first-order valence-electron chi connectivity index (χ1n) is 5.71. The number of amides is 1. The van der Waals surface area contributed by atoms with E-state index in [4.69, 9.17) is 21.2 Å². The highest BCUT2D eigenvalue weighted by molar-refractivity contribution is 6.30. The average molecular weight is 270 g/mol. The van der Waals surface area contributed by atoms with E-state index < -0.39 is 12.2 Å². The second-order valence-electron chi connectivity index (χ2n) is 4.41. The number of carbonyl (C=O) groups is 1. The highest BCUT2D eigenvalue weighted by Crippen LogP contribution is 2.32. The Bertz CT molecular complexity index is 493. The molecule has 1 fully saturated rings. The molecule has 2 aliphatic rings. The lowest BCUT2D eigenvalue weighted by Gasteiger charge is -2.17. The van der Waals surface area contributed by atoms with Gasteiger partial charge in [0.25, 0.3) is 5.91 Å². The van der Waals surface area contributed by atoms with Crippen LogP contribution in [0.2, 0.25) is 5.02 Å². The number of rotatable bonds is 1. The molecule has 2 heterocycles. The molecule has 5 nitrogen and oxygen atoms in total. The fourth-order valence-corrected chi connectivity index (χ4v) is 2.34. The van der Waals surface area contributed by atoms with E-state index in [-0.39, 0.29) is 19.1 Å². The van der Waals surface area contributed by atoms with Gasteiger partial charge < -0.3 is 9.84 Å². The van der Waals surface area contributed by atoms with Crippen molar-refractivity contribution in [1.29, 1.82) is 0 Å². The minimum absolute atomic E-state index is 0.150. The zero-order valence-electron chi connectivity index (χ0n) is 9.51. The molecular formula is C12H12ClNO4. The van der Waals surface area contributed by atoms with Crippen molar-refractivity contribution in [3.05, 3.63) is 28.8 Å². The fraction of sp³-hybridized carbons (Fsp3) is 0.417. The van der Waals surface area contributed by atoms with E-state index in [2.05, 4.69) is 0 Å². The summed E-state index contributed by atoms with van der Waals surface area (Å²) in [7, 11) is 0. The number of hydrogen-bond acceptors (Lipinski definition) is 4. The molecule has 1 N–H and O–H groups in total. The van der Waals surface area contributed by atoms with Crippen LogP contribution in [-0.4, -0.2) is 41.4 Å². The van der Waals surface area contributed by atoms with Crippen LogP contribution in [0.5, 0.6) is 5.75 Å². The van der Waals surface area contributed by atoms with E-state index in [9.17, 15) is 9.90 Å². The van der Waals surface area contributed by atoms with Gasteiger partial charge in [-0.15, -0.1) is 0 Å². The standard InChI is InChI=1S/C12H12ClNO4/c13-8-1-2-10-7(3-8)4-11(18-10)12(16)14-5-9(15)6-17-14/h1-3,9,11,15H,4-6H2/t9-,11?/m0/s1. The van der Waals surface area contributed by atoms with Crippen molar-refractivity contribution in [1.82, 2.24) is 5.06 Å². The Labute approximate surface area is 109 Å². The molecule has 0 aromatic heterocycles. The van der Waals surface area contributed by atoms with Gasteiger partial charge in [-0.05, 0) is 23.8 Å². The van der Waals surface area contributed by atoms with Crippen molar-refractivity contribution in [2.75, 3.05) is 13.2 Å². The lowest BCUT2D eigenvalue weighted by Crippen LogP contribution is -2.39. The van der Waals surface area contributed by atoms with E-state index in [1.54, 1.807) is 18.2 Å². The van der Waals surface area contributed by atoms with Crippen LogP contribution in [0.1, 0.15) is 5.56 Å². The monoisotopic (exact) mass is 269 g/mol. The van der Waals surface area contributed by atoms with Crippen molar-refractivity contribution in [3.63, 3.8) is 0 Å². The van der Waals surface area contributed by atoms with Gasteiger partial charge in [0, 0.05) is 11.4 Å². The maximum Gasteiger partial charge on any atom is 0.287 e. The van der Waals surface area contributed by atoms with Gasteiger partial charge in [0.05, 0.1) is 6.54 Å². The molecule has 6 heteroatoms. The molecule has 0 radical (unpaired) electrons. The summed E-state index contributed by atoms with van der Waals surface area (Å²) in [5.41, 5.74) is 0.917. The number of aliphatic hydroxyl groups excluding tert-OH is 1. The summed E-state index contributed by atoms with van der Waals surface area (Å²) in [5.74, 6) is 0.413. The minimum atomic E-state index is -0.618. The Morgan fingerprint density at radius 2 is 2.33 bits per heavy atom. The number of aliphatic hydroxyl groups is 1. The van der Waals surface area contributed by atoms with Crippen LogP contribution >= 0.6 is 11.6 Å². The number of fused-ring (bicyclic) bond motifs is 1. The topological polar surface area (TPSA) is 59.0 Å². The van der Waals surface area contributed by atoms with Gasteiger partial charge in [0.2, 0.25) is 0 Å². The second kappa shape index (κ2) is 4.42. The van der Waals surface area contributed by atoms with E-state index in [0.29, 0.717) is 17.2 Å². The van der Waals surface area contributed by atoms with Gasteiger partial charge in [-0.3, -0.25) is 9.63 Å². The predicted molar refractivity (Wildman–Crippen MR) is 63.2 cm³/mol. The Hall–Kier alpha value is -1.30. The summed E-state index contributed by atoms with van der Waals surface area (Å²) in [6, 6.07) is 5.28. The third-order valence-electron chi connectivity index (χ3n) is 3.02. The average Bonchev–Trinajstić information content (AvgIpc) is 2.93. The Kier molecular flexibility index (Phi) is 2.89. The van der Waals surface area contributed by atoms with Crippen molar-refractivity contribution in [2.45, 2.75) is 18.6 Å². The smallest absolute Gasteiger partial charge is 0.287 e. The molecule has 18 heavy (non-hydrogen) atoms. The van der Waals surface area contributed by atoms with Crippen molar-refractivity contribution in [2.24, 2.45) is 0 Å². The Morgan fingerprint density at radius 1 is 1.50 bits per heavy atom. The van der Waals surface area contributed by atoms with Gasteiger partial charge in [0.1, 0.15) is 18.5 Å². The van der Waals surface area contributed by atoms with Crippen molar-refractivity contribution >= 4 is 17.5 Å². The Balaban J connectivity index is 1.72. The number of benzene rings is 1. The van der Waals surface area contributed by atoms with Crippen LogP contribution in [0, 0.1) is 0 Å². The summed E-state index contributed by atoms with van der Waals surface area (Å²) in [5, 5.41) is 11.1. The van der Waals surface area contributed by atoms with Crippen molar-refractivity contribution in [3.8, 4) is 5.75 Å². The highest BCUT2D eigenvalue weighted by atomic mass is 35.5. The van der Waals surface area contributed by atoms with E-state index in [0.717, 1.165) is 5.56 Å². The minimum Gasteiger partial charge on any atom is -0.480 e. The normalized spacial score (nSPS) is 26.0. The van der Waals surface area contributed by atoms with Crippen LogP contribution in [0.25, 0.3) is 0 Å². The van der Waals surface area contributed by atoms with E-state index >= 15 is 0 Å². The summed E-state index contributed by atoms with van der Waals surface area (Å²) in [4.78, 5) is 17.2. The van der Waals surface area contributed by atoms with Gasteiger partial charge in [-0.2, -0.15) is 0 Å². The number of hydrogen-bond donors (Lipinski definition) is 1.